The maximum atomic E-state index is 12.2. The number of benzene rings is 2. The van der Waals surface area contributed by atoms with Gasteiger partial charge in [0.05, 0.1) is 0 Å². The number of ether oxygens (including phenoxy) is 1. The number of aryl methyl sites for hydroxylation is 1. The second kappa shape index (κ2) is 8.26. The average molecular weight is 385 g/mol. The fourth-order valence-electron chi connectivity index (χ4n) is 2.99. The van der Waals surface area contributed by atoms with Gasteiger partial charge in [-0.15, -0.1) is 0 Å². The highest BCUT2D eigenvalue weighted by Gasteiger charge is 2.25. The lowest BCUT2D eigenvalue weighted by Gasteiger charge is -2.27. The molecule has 0 heterocycles. The first-order valence-electron chi connectivity index (χ1n) is 9.69. The maximum absolute atomic E-state index is 12.2. The fraction of sp³-hybridized carbons (Fsp3) is 0.458. The average Bonchev–Trinajstić information content (AvgIpc) is 2.58. The van der Waals surface area contributed by atoms with E-state index in [9.17, 15) is 15.0 Å². The van der Waals surface area contributed by atoms with Crippen LogP contribution in [0.5, 0.6) is 11.5 Å². The molecule has 4 nitrogen and oxygen atoms in total. The second-order valence-corrected chi connectivity index (χ2v) is 9.32. The Morgan fingerprint density at radius 2 is 1.57 bits per heavy atom. The van der Waals surface area contributed by atoms with Gasteiger partial charge in [0.15, 0.2) is 0 Å². The topological polar surface area (TPSA) is 66.8 Å². The summed E-state index contributed by atoms with van der Waals surface area (Å²) in [6.07, 6.45) is 0.566. The van der Waals surface area contributed by atoms with Gasteiger partial charge in [-0.25, -0.2) is 0 Å². The van der Waals surface area contributed by atoms with E-state index < -0.39 is 0 Å². The number of carbonyl (C=O) groups excluding carboxylic acids is 1. The molecule has 0 unspecified atom stereocenters. The monoisotopic (exact) mass is 384 g/mol. The Kier molecular flexibility index (Phi) is 6.43. The van der Waals surface area contributed by atoms with Crippen LogP contribution in [0.3, 0.4) is 0 Å². The Morgan fingerprint density at radius 3 is 2.14 bits per heavy atom. The first-order valence-corrected chi connectivity index (χ1v) is 9.69. The van der Waals surface area contributed by atoms with Crippen molar-refractivity contribution in [3.63, 3.8) is 0 Å². The van der Waals surface area contributed by atoms with Crippen LogP contribution in [-0.2, 0) is 33.4 Å². The second-order valence-electron chi connectivity index (χ2n) is 9.32. The van der Waals surface area contributed by atoms with Crippen molar-refractivity contribution in [2.75, 3.05) is 0 Å². The molecule has 2 N–H and O–H groups in total. The van der Waals surface area contributed by atoms with E-state index in [1.807, 2.05) is 6.07 Å². The van der Waals surface area contributed by atoms with Crippen LogP contribution >= 0.6 is 0 Å². The number of phenols is 2. The number of hydrogen-bond acceptors (Lipinski definition) is 4. The molecule has 152 valence electrons. The third-order valence-electron chi connectivity index (χ3n) is 4.84. The number of para-hydroxylation sites is 1. The van der Waals surface area contributed by atoms with E-state index in [4.69, 9.17) is 4.74 Å². The normalized spacial score (nSPS) is 12.1. The van der Waals surface area contributed by atoms with Crippen LogP contribution in [0.25, 0.3) is 0 Å². The summed E-state index contributed by atoms with van der Waals surface area (Å²) in [6, 6.07) is 10.8. The van der Waals surface area contributed by atoms with Crippen LogP contribution in [0.2, 0.25) is 0 Å². The maximum Gasteiger partial charge on any atom is 0.306 e. The predicted molar refractivity (Wildman–Crippen MR) is 112 cm³/mol. The first-order chi connectivity index (χ1) is 12.9. The molecule has 2 aromatic carbocycles. The molecule has 0 amide bonds. The van der Waals surface area contributed by atoms with Crippen LogP contribution < -0.4 is 0 Å². The summed E-state index contributed by atoms with van der Waals surface area (Å²) in [7, 11) is 0. The highest BCUT2D eigenvalue weighted by molar-refractivity contribution is 5.70. The van der Waals surface area contributed by atoms with Gasteiger partial charge in [-0.3, -0.25) is 4.79 Å². The number of phenolic OH excluding ortho intramolecular Hbond substituents is 2. The van der Waals surface area contributed by atoms with Gasteiger partial charge in [-0.2, -0.15) is 0 Å². The van der Waals surface area contributed by atoms with Gasteiger partial charge in [-0.05, 0) is 40.0 Å². The summed E-state index contributed by atoms with van der Waals surface area (Å²) in [5, 5.41) is 20.5. The summed E-state index contributed by atoms with van der Waals surface area (Å²) < 4.78 is 5.28. The predicted octanol–water partition coefficient (Wildman–Crippen LogP) is 5.37. The van der Waals surface area contributed by atoms with Crippen molar-refractivity contribution in [1.82, 2.24) is 0 Å². The molecule has 0 radical (unpaired) electrons. The summed E-state index contributed by atoms with van der Waals surface area (Å²) in [6.45, 7) is 12.6. The van der Waals surface area contributed by atoms with Crippen LogP contribution in [0.4, 0.5) is 0 Å². The molecule has 0 saturated heterocycles. The number of rotatable bonds is 5. The number of esters is 1. The van der Waals surface area contributed by atoms with Crippen molar-refractivity contribution in [2.24, 2.45) is 0 Å². The first kappa shape index (κ1) is 21.8. The molecule has 0 aliphatic carbocycles. The van der Waals surface area contributed by atoms with E-state index in [0.29, 0.717) is 12.0 Å². The molecule has 0 spiro atoms. The van der Waals surface area contributed by atoms with Crippen molar-refractivity contribution in [3.05, 3.63) is 58.7 Å². The van der Waals surface area contributed by atoms with Crippen molar-refractivity contribution in [3.8, 4) is 11.5 Å². The quantitative estimate of drug-likeness (QED) is 0.680. The van der Waals surface area contributed by atoms with E-state index in [0.717, 1.165) is 16.7 Å². The van der Waals surface area contributed by atoms with Gasteiger partial charge in [0, 0.05) is 12.0 Å². The third-order valence-corrected chi connectivity index (χ3v) is 4.84. The van der Waals surface area contributed by atoms with E-state index in [-0.39, 0.29) is 41.3 Å². The van der Waals surface area contributed by atoms with Crippen molar-refractivity contribution >= 4 is 5.97 Å². The van der Waals surface area contributed by atoms with Crippen molar-refractivity contribution < 1.29 is 19.7 Å². The minimum atomic E-state index is -0.360. The molecule has 0 atom stereocenters. The highest BCUT2D eigenvalue weighted by atomic mass is 16.5. The molecule has 0 fully saturated rings. The van der Waals surface area contributed by atoms with Crippen molar-refractivity contribution in [1.29, 1.82) is 0 Å². The van der Waals surface area contributed by atoms with Gasteiger partial charge >= 0.3 is 5.97 Å². The molecule has 0 aliphatic rings. The van der Waals surface area contributed by atoms with Gasteiger partial charge in [0.25, 0.3) is 0 Å². The Bertz CT molecular complexity index is 839. The molecule has 2 aromatic rings. The zero-order valence-electron chi connectivity index (χ0n) is 17.8. The lowest BCUT2D eigenvalue weighted by atomic mass is 9.78. The molecular formula is C24H32O4. The molecule has 28 heavy (non-hydrogen) atoms. The number of aromatic hydroxyl groups is 2. The summed E-state index contributed by atoms with van der Waals surface area (Å²) in [4.78, 5) is 12.2. The van der Waals surface area contributed by atoms with Gasteiger partial charge in [-0.1, -0.05) is 71.9 Å². The van der Waals surface area contributed by atoms with Gasteiger partial charge in [0.1, 0.15) is 18.1 Å². The fourth-order valence-corrected chi connectivity index (χ4v) is 2.99. The Balaban J connectivity index is 2.14. The third kappa shape index (κ3) is 5.51. The van der Waals surface area contributed by atoms with Crippen LogP contribution in [0.1, 0.15) is 70.2 Å². The van der Waals surface area contributed by atoms with Gasteiger partial charge in [0.2, 0.25) is 0 Å². The Labute approximate surface area is 168 Å². The van der Waals surface area contributed by atoms with Crippen molar-refractivity contribution in [2.45, 2.75) is 71.8 Å². The summed E-state index contributed by atoms with van der Waals surface area (Å²) in [5.41, 5.74) is 3.09. The smallest absolute Gasteiger partial charge is 0.306 e. The van der Waals surface area contributed by atoms with Crippen LogP contribution in [0.15, 0.2) is 36.4 Å². The minimum absolute atomic E-state index is 0.0345. The Hall–Kier alpha value is -2.49. The van der Waals surface area contributed by atoms with Crippen LogP contribution in [0, 0.1) is 0 Å². The minimum Gasteiger partial charge on any atom is -0.508 e. The number of hydrogen-bond donors (Lipinski definition) is 2. The Morgan fingerprint density at radius 1 is 0.929 bits per heavy atom. The van der Waals surface area contributed by atoms with E-state index >= 15 is 0 Å². The van der Waals surface area contributed by atoms with E-state index in [1.54, 1.807) is 24.3 Å². The molecule has 0 bridgehead atoms. The lowest BCUT2D eigenvalue weighted by Crippen LogP contribution is -2.18. The SMILES string of the molecule is CC(C)(C)c1cc(CCC(=O)OCc2ccccc2O)c(O)c(C(C)(C)C)c1. The summed E-state index contributed by atoms with van der Waals surface area (Å²) >= 11 is 0. The zero-order chi connectivity index (χ0) is 21.1. The van der Waals surface area contributed by atoms with E-state index in [1.165, 1.54) is 0 Å². The molecule has 4 heteroatoms. The molecule has 0 saturated carbocycles. The molecular weight excluding hydrogens is 352 g/mol. The number of carbonyl (C=O) groups is 1. The summed E-state index contributed by atoms with van der Waals surface area (Å²) in [5.74, 6) is 0.00997. The highest BCUT2D eigenvalue weighted by Crippen LogP contribution is 2.38. The largest absolute Gasteiger partial charge is 0.508 e. The van der Waals surface area contributed by atoms with Crippen LogP contribution in [-0.4, -0.2) is 16.2 Å². The van der Waals surface area contributed by atoms with E-state index in [2.05, 4.69) is 47.6 Å². The molecule has 0 aromatic heterocycles. The molecule has 0 aliphatic heterocycles. The van der Waals surface area contributed by atoms with Gasteiger partial charge < -0.3 is 14.9 Å². The standard InChI is InChI=1S/C24H32O4/c1-23(2,3)18-13-16(22(27)19(14-18)24(4,5)6)11-12-21(26)28-15-17-9-7-8-10-20(17)25/h7-10,13-14,25,27H,11-12,15H2,1-6H3. The lowest BCUT2D eigenvalue weighted by molar-refractivity contribution is -0.144. The molecule has 2 rings (SSSR count). The zero-order valence-corrected chi connectivity index (χ0v) is 17.8.